The van der Waals surface area contributed by atoms with Crippen LogP contribution in [0.4, 0.5) is 13.2 Å². The van der Waals surface area contributed by atoms with Crippen molar-refractivity contribution in [2.45, 2.75) is 72.1 Å². The first-order valence-electron chi connectivity index (χ1n) is 10.1. The van der Waals surface area contributed by atoms with E-state index in [4.69, 9.17) is 0 Å². The van der Waals surface area contributed by atoms with E-state index in [1.807, 2.05) is 31.5 Å². The molecule has 0 aliphatic heterocycles. The number of fused-ring (bicyclic) bond motifs is 1. The number of carbonyl (C=O) groups excluding carboxylic acids is 1. The highest BCUT2D eigenvalue weighted by Gasteiger charge is 2.41. The van der Waals surface area contributed by atoms with Crippen molar-refractivity contribution in [2.24, 2.45) is 5.92 Å². The van der Waals surface area contributed by atoms with Gasteiger partial charge < -0.3 is 5.32 Å². The van der Waals surface area contributed by atoms with Crippen molar-refractivity contribution in [3.63, 3.8) is 0 Å². The van der Waals surface area contributed by atoms with Crippen molar-refractivity contribution in [1.82, 2.24) is 24.9 Å². The Kier molecular flexibility index (Phi) is 6.05. The van der Waals surface area contributed by atoms with Crippen molar-refractivity contribution >= 4 is 5.91 Å². The number of aromatic nitrogens is 4. The van der Waals surface area contributed by atoms with Crippen LogP contribution in [0.5, 0.6) is 0 Å². The van der Waals surface area contributed by atoms with Gasteiger partial charge in [-0.2, -0.15) is 23.4 Å². The molecule has 0 saturated heterocycles. The highest BCUT2D eigenvalue weighted by Crippen LogP contribution is 2.37. The standard InChI is InChI=1S/C20H28F3N5O/c1-5-16(28-17-8-6-7-15(17)18(26-28)20(21,22)23)19(29)24-10-12(2)11-27-14(4)9-13(3)25-27/h9,12,16H,5-8,10-11H2,1-4H3,(H,24,29)/t12-,16-/m1/s1. The van der Waals surface area contributed by atoms with Gasteiger partial charge in [-0.1, -0.05) is 13.8 Å². The number of nitrogens with zero attached hydrogens (tertiary/aromatic N) is 4. The van der Waals surface area contributed by atoms with Crippen molar-refractivity contribution in [1.29, 1.82) is 0 Å². The van der Waals surface area contributed by atoms with Gasteiger partial charge in [-0.25, -0.2) is 0 Å². The number of hydrogen-bond acceptors (Lipinski definition) is 3. The van der Waals surface area contributed by atoms with Crippen LogP contribution in [0.15, 0.2) is 6.07 Å². The number of alkyl halides is 3. The molecule has 160 valence electrons. The molecule has 1 aliphatic carbocycles. The van der Waals surface area contributed by atoms with Crippen LogP contribution in [-0.4, -0.2) is 32.0 Å². The van der Waals surface area contributed by atoms with Gasteiger partial charge in [0.15, 0.2) is 5.69 Å². The molecule has 0 spiro atoms. The van der Waals surface area contributed by atoms with E-state index in [0.29, 0.717) is 44.5 Å². The summed E-state index contributed by atoms with van der Waals surface area (Å²) in [5, 5.41) is 11.1. The number of carbonyl (C=O) groups is 1. The Hall–Kier alpha value is -2.32. The van der Waals surface area contributed by atoms with Crippen LogP contribution < -0.4 is 5.32 Å². The minimum absolute atomic E-state index is 0.128. The van der Waals surface area contributed by atoms with Gasteiger partial charge in [0.1, 0.15) is 6.04 Å². The molecule has 1 amide bonds. The summed E-state index contributed by atoms with van der Waals surface area (Å²) in [5.74, 6) is -0.165. The van der Waals surface area contributed by atoms with Crippen molar-refractivity contribution < 1.29 is 18.0 Å². The molecule has 1 N–H and O–H groups in total. The molecule has 1 aliphatic rings. The molecule has 6 nitrogen and oxygen atoms in total. The molecule has 2 atom stereocenters. The zero-order valence-corrected chi connectivity index (χ0v) is 17.3. The maximum atomic E-state index is 13.3. The lowest BCUT2D eigenvalue weighted by atomic mass is 10.1. The number of hydrogen-bond donors (Lipinski definition) is 1. The predicted octanol–water partition coefficient (Wildman–Crippen LogP) is 3.61. The lowest BCUT2D eigenvalue weighted by molar-refractivity contribution is -0.142. The molecule has 2 aromatic heterocycles. The fraction of sp³-hybridized carbons (Fsp3) is 0.650. The van der Waals surface area contributed by atoms with Crippen LogP contribution >= 0.6 is 0 Å². The topological polar surface area (TPSA) is 64.7 Å². The third-order valence-corrected chi connectivity index (χ3v) is 5.42. The van der Waals surface area contributed by atoms with Crippen LogP contribution in [0.1, 0.15) is 61.1 Å². The van der Waals surface area contributed by atoms with Gasteiger partial charge in [-0.05, 0) is 51.5 Å². The second-order valence-electron chi connectivity index (χ2n) is 7.95. The lowest BCUT2D eigenvalue weighted by Gasteiger charge is -2.20. The summed E-state index contributed by atoms with van der Waals surface area (Å²) in [7, 11) is 0. The lowest BCUT2D eigenvalue weighted by Crippen LogP contribution is -2.37. The maximum Gasteiger partial charge on any atom is 0.435 e. The Morgan fingerprint density at radius 1 is 1.28 bits per heavy atom. The van der Waals surface area contributed by atoms with Gasteiger partial charge in [-0.15, -0.1) is 0 Å². The summed E-state index contributed by atoms with van der Waals surface area (Å²) >= 11 is 0. The van der Waals surface area contributed by atoms with E-state index in [-0.39, 0.29) is 17.4 Å². The first-order chi connectivity index (χ1) is 13.6. The minimum atomic E-state index is -4.50. The molecular weight excluding hydrogens is 383 g/mol. The van der Waals surface area contributed by atoms with E-state index < -0.39 is 17.9 Å². The van der Waals surface area contributed by atoms with Crippen molar-refractivity contribution in [3.8, 4) is 0 Å². The average molecular weight is 411 g/mol. The smallest absolute Gasteiger partial charge is 0.354 e. The molecule has 0 saturated carbocycles. The minimum Gasteiger partial charge on any atom is -0.354 e. The summed E-state index contributed by atoms with van der Waals surface area (Å²) in [6.45, 7) is 8.79. The molecule has 2 aromatic rings. The summed E-state index contributed by atoms with van der Waals surface area (Å²) in [6, 6.07) is 1.26. The number of nitrogens with one attached hydrogen (secondary N) is 1. The van der Waals surface area contributed by atoms with Crippen LogP contribution in [0.3, 0.4) is 0 Å². The quantitative estimate of drug-likeness (QED) is 0.757. The fourth-order valence-corrected chi connectivity index (χ4v) is 4.03. The third kappa shape index (κ3) is 4.48. The third-order valence-electron chi connectivity index (χ3n) is 5.42. The fourth-order valence-electron chi connectivity index (χ4n) is 4.03. The summed E-state index contributed by atoms with van der Waals surface area (Å²) in [4.78, 5) is 12.8. The normalized spacial score (nSPS) is 16.0. The molecule has 3 rings (SSSR count). The van der Waals surface area contributed by atoms with Gasteiger partial charge in [0.05, 0.1) is 5.69 Å². The molecule has 0 aromatic carbocycles. The molecule has 0 unspecified atom stereocenters. The zero-order chi connectivity index (χ0) is 21.3. The number of halogens is 3. The zero-order valence-electron chi connectivity index (χ0n) is 17.3. The highest BCUT2D eigenvalue weighted by molar-refractivity contribution is 5.80. The van der Waals surface area contributed by atoms with Gasteiger partial charge in [0.2, 0.25) is 5.91 Å². The second kappa shape index (κ2) is 8.20. The number of rotatable bonds is 7. The van der Waals surface area contributed by atoms with Crippen LogP contribution in [0, 0.1) is 19.8 Å². The van der Waals surface area contributed by atoms with Gasteiger partial charge in [0.25, 0.3) is 0 Å². The Morgan fingerprint density at radius 3 is 2.59 bits per heavy atom. The van der Waals surface area contributed by atoms with E-state index in [2.05, 4.69) is 15.5 Å². The van der Waals surface area contributed by atoms with E-state index in [9.17, 15) is 18.0 Å². The first kappa shape index (κ1) is 21.4. The second-order valence-corrected chi connectivity index (χ2v) is 7.95. The molecule has 29 heavy (non-hydrogen) atoms. The predicted molar refractivity (Wildman–Crippen MR) is 102 cm³/mol. The maximum absolute atomic E-state index is 13.3. The first-order valence-corrected chi connectivity index (χ1v) is 10.1. The SMILES string of the molecule is CC[C@H](C(=O)NC[C@@H](C)Cn1nc(C)cc1C)n1nc(C(F)(F)F)c2c1CCC2. The van der Waals surface area contributed by atoms with Crippen molar-refractivity contribution in [3.05, 3.63) is 34.4 Å². The Morgan fingerprint density at radius 2 is 2.00 bits per heavy atom. The van der Waals surface area contributed by atoms with Crippen LogP contribution in [0.25, 0.3) is 0 Å². The van der Waals surface area contributed by atoms with E-state index in [0.717, 1.165) is 11.4 Å². The highest BCUT2D eigenvalue weighted by atomic mass is 19.4. The average Bonchev–Trinajstić information content (AvgIpc) is 3.30. The Bertz CT molecular complexity index is 884. The monoisotopic (exact) mass is 411 g/mol. The summed E-state index contributed by atoms with van der Waals surface area (Å²) in [6.07, 6.45) is -2.57. The Labute approximate surface area is 168 Å². The molecular formula is C20H28F3N5O. The van der Waals surface area contributed by atoms with E-state index in [1.165, 1.54) is 4.68 Å². The number of amides is 1. The molecule has 0 fully saturated rings. The van der Waals surface area contributed by atoms with Gasteiger partial charge in [-0.3, -0.25) is 14.2 Å². The van der Waals surface area contributed by atoms with Crippen molar-refractivity contribution in [2.75, 3.05) is 6.54 Å². The van der Waals surface area contributed by atoms with Gasteiger partial charge in [0, 0.05) is 30.0 Å². The molecule has 9 heteroatoms. The number of aryl methyl sites for hydroxylation is 2. The molecule has 2 heterocycles. The van der Waals surface area contributed by atoms with E-state index in [1.54, 1.807) is 6.92 Å². The molecule has 0 bridgehead atoms. The van der Waals surface area contributed by atoms with Crippen LogP contribution in [-0.2, 0) is 30.4 Å². The van der Waals surface area contributed by atoms with Gasteiger partial charge >= 0.3 is 6.18 Å². The summed E-state index contributed by atoms with van der Waals surface area (Å²) in [5.41, 5.74) is 1.96. The largest absolute Gasteiger partial charge is 0.435 e. The Balaban J connectivity index is 1.69. The van der Waals surface area contributed by atoms with E-state index >= 15 is 0 Å². The van der Waals surface area contributed by atoms with Crippen LogP contribution in [0.2, 0.25) is 0 Å². The molecule has 0 radical (unpaired) electrons. The summed E-state index contributed by atoms with van der Waals surface area (Å²) < 4.78 is 43.2.